The first-order valence-corrected chi connectivity index (χ1v) is 7.17. The van der Waals surface area contributed by atoms with Gasteiger partial charge in [-0.2, -0.15) is 8.42 Å². The number of carbonyl (C=O) groups excluding carboxylic acids is 1. The molecule has 2 rings (SSSR count). The summed E-state index contributed by atoms with van der Waals surface area (Å²) < 4.78 is 40.6. The maximum Gasteiger partial charge on any atom is 0.508 e. The Morgan fingerprint density at radius 3 is 2.47 bits per heavy atom. The zero-order valence-electron chi connectivity index (χ0n) is 9.42. The van der Waals surface area contributed by atoms with Crippen LogP contribution in [0.5, 0.6) is 0 Å². The van der Waals surface area contributed by atoms with Gasteiger partial charge in [-0.15, -0.1) is 0 Å². The van der Waals surface area contributed by atoms with E-state index in [9.17, 15) is 17.8 Å². The first-order chi connectivity index (χ1) is 7.93. The summed E-state index contributed by atoms with van der Waals surface area (Å²) >= 11 is 0. The summed E-state index contributed by atoms with van der Waals surface area (Å²) in [6.45, 7) is 0.167. The van der Waals surface area contributed by atoms with E-state index in [1.807, 2.05) is 0 Å². The van der Waals surface area contributed by atoms with Crippen molar-refractivity contribution in [3.63, 3.8) is 0 Å². The molecule has 0 aromatic heterocycles. The van der Waals surface area contributed by atoms with Gasteiger partial charge in [0.2, 0.25) is 0 Å². The Hall–Kier alpha value is -0.820. The SMILES string of the molecule is O=C1OCC(CCC2(S(=O)(=O)O)CCCC2)O1. The standard InChI is InChI=1S/C10H16O6S/c11-9-15-7-8(16-9)3-6-10(17(12,13)14)4-1-2-5-10/h8H,1-7H2,(H,12,13,14). The van der Waals surface area contributed by atoms with Crippen molar-refractivity contribution in [2.45, 2.75) is 49.4 Å². The molecule has 0 aromatic carbocycles. The van der Waals surface area contributed by atoms with E-state index in [1.165, 1.54) is 0 Å². The van der Waals surface area contributed by atoms with Gasteiger partial charge >= 0.3 is 6.16 Å². The fourth-order valence-electron chi connectivity index (χ4n) is 2.59. The summed E-state index contributed by atoms with van der Waals surface area (Å²) in [5.41, 5.74) is 0. The number of cyclic esters (lactones) is 2. The summed E-state index contributed by atoms with van der Waals surface area (Å²) in [7, 11) is -4.05. The number of hydrogen-bond donors (Lipinski definition) is 1. The van der Waals surface area contributed by atoms with E-state index in [1.54, 1.807) is 0 Å². The number of rotatable bonds is 4. The van der Waals surface area contributed by atoms with Crippen LogP contribution in [0.15, 0.2) is 0 Å². The minimum atomic E-state index is -4.05. The summed E-state index contributed by atoms with van der Waals surface area (Å²) in [5.74, 6) is 0. The molecule has 1 aliphatic heterocycles. The van der Waals surface area contributed by atoms with Crippen LogP contribution < -0.4 is 0 Å². The van der Waals surface area contributed by atoms with Crippen LogP contribution in [-0.4, -0.2) is 36.6 Å². The highest BCUT2D eigenvalue weighted by Gasteiger charge is 2.45. The summed E-state index contributed by atoms with van der Waals surface area (Å²) in [5, 5.41) is 0. The first-order valence-electron chi connectivity index (χ1n) is 5.73. The van der Waals surface area contributed by atoms with Gasteiger partial charge in [-0.1, -0.05) is 12.8 Å². The van der Waals surface area contributed by atoms with Gasteiger partial charge in [0.1, 0.15) is 12.7 Å². The lowest BCUT2D eigenvalue weighted by atomic mass is 9.98. The third-order valence-electron chi connectivity index (χ3n) is 3.63. The molecule has 0 spiro atoms. The molecular weight excluding hydrogens is 248 g/mol. The van der Waals surface area contributed by atoms with Crippen LogP contribution in [0.25, 0.3) is 0 Å². The Labute approximate surface area is 100 Å². The van der Waals surface area contributed by atoms with Crippen LogP contribution in [-0.2, 0) is 19.6 Å². The van der Waals surface area contributed by atoms with E-state index in [-0.39, 0.29) is 12.7 Å². The van der Waals surface area contributed by atoms with Gasteiger partial charge in [0.15, 0.2) is 0 Å². The average Bonchev–Trinajstić information content (AvgIpc) is 2.83. The third-order valence-corrected chi connectivity index (χ3v) is 5.34. The summed E-state index contributed by atoms with van der Waals surface area (Å²) in [6.07, 6.45) is 2.20. The van der Waals surface area contributed by atoms with Crippen LogP contribution in [0.4, 0.5) is 4.79 Å². The molecule has 0 bridgehead atoms. The van der Waals surface area contributed by atoms with Crippen molar-refractivity contribution in [2.75, 3.05) is 6.61 Å². The highest BCUT2D eigenvalue weighted by molar-refractivity contribution is 7.87. The topological polar surface area (TPSA) is 89.9 Å². The van der Waals surface area contributed by atoms with Gasteiger partial charge in [0.25, 0.3) is 10.1 Å². The molecule has 1 saturated carbocycles. The van der Waals surface area contributed by atoms with Gasteiger partial charge in [-0.3, -0.25) is 4.55 Å². The second-order valence-electron chi connectivity index (χ2n) is 4.70. The maximum atomic E-state index is 11.4. The minimum absolute atomic E-state index is 0.167. The van der Waals surface area contributed by atoms with E-state index < -0.39 is 21.0 Å². The molecule has 1 aliphatic carbocycles. The Balaban J connectivity index is 1.97. The van der Waals surface area contributed by atoms with Gasteiger partial charge in [0.05, 0.1) is 4.75 Å². The normalized spacial score (nSPS) is 27.8. The van der Waals surface area contributed by atoms with Crippen LogP contribution in [0.3, 0.4) is 0 Å². The number of hydrogen-bond acceptors (Lipinski definition) is 5. The molecule has 2 aliphatic rings. The Morgan fingerprint density at radius 1 is 1.35 bits per heavy atom. The molecule has 1 heterocycles. The molecule has 2 fully saturated rings. The smallest absolute Gasteiger partial charge is 0.430 e. The molecule has 1 atom stereocenters. The largest absolute Gasteiger partial charge is 0.508 e. The third kappa shape index (κ3) is 2.55. The lowest BCUT2D eigenvalue weighted by Crippen LogP contribution is -2.36. The van der Waals surface area contributed by atoms with Crippen LogP contribution >= 0.6 is 0 Å². The van der Waals surface area contributed by atoms with Crippen molar-refractivity contribution in [1.82, 2.24) is 0 Å². The van der Waals surface area contributed by atoms with Crippen LogP contribution in [0.1, 0.15) is 38.5 Å². The minimum Gasteiger partial charge on any atom is -0.430 e. The predicted molar refractivity (Wildman–Crippen MR) is 58.2 cm³/mol. The molecule has 1 saturated heterocycles. The first kappa shape index (κ1) is 12.6. The Bertz CT molecular complexity index is 395. The van der Waals surface area contributed by atoms with Crippen molar-refractivity contribution in [3.8, 4) is 0 Å². The molecule has 1 N–H and O–H groups in total. The molecule has 7 heteroatoms. The second kappa shape index (κ2) is 4.45. The quantitative estimate of drug-likeness (QED) is 0.611. The van der Waals surface area contributed by atoms with E-state index in [0.29, 0.717) is 25.7 Å². The zero-order chi connectivity index (χ0) is 12.5. The monoisotopic (exact) mass is 264 g/mol. The molecule has 0 radical (unpaired) electrons. The van der Waals surface area contributed by atoms with Crippen molar-refractivity contribution >= 4 is 16.3 Å². The van der Waals surface area contributed by atoms with Crippen LogP contribution in [0.2, 0.25) is 0 Å². The van der Waals surface area contributed by atoms with Gasteiger partial charge in [0, 0.05) is 0 Å². The lowest BCUT2D eigenvalue weighted by Gasteiger charge is -2.25. The summed E-state index contributed by atoms with van der Waals surface area (Å²) in [6, 6.07) is 0. The average molecular weight is 264 g/mol. The Kier molecular flexibility index (Phi) is 3.31. The summed E-state index contributed by atoms with van der Waals surface area (Å²) in [4.78, 5) is 10.7. The fraction of sp³-hybridized carbons (Fsp3) is 0.900. The second-order valence-corrected chi connectivity index (χ2v) is 6.52. The highest BCUT2D eigenvalue weighted by Crippen LogP contribution is 2.40. The zero-order valence-corrected chi connectivity index (χ0v) is 10.2. The molecule has 1 unspecified atom stereocenters. The van der Waals surface area contributed by atoms with E-state index in [0.717, 1.165) is 12.8 Å². The molecule has 0 amide bonds. The fourth-order valence-corrected chi connectivity index (χ4v) is 3.77. The van der Waals surface area contributed by atoms with Crippen molar-refractivity contribution in [3.05, 3.63) is 0 Å². The number of carbonyl (C=O) groups is 1. The van der Waals surface area contributed by atoms with Crippen molar-refractivity contribution in [1.29, 1.82) is 0 Å². The molecular formula is C10H16O6S. The lowest BCUT2D eigenvalue weighted by molar-refractivity contribution is 0.114. The predicted octanol–water partition coefficient (Wildman–Crippen LogP) is 1.50. The number of ether oxygens (including phenoxy) is 2. The van der Waals surface area contributed by atoms with Gasteiger partial charge in [-0.05, 0) is 25.7 Å². The van der Waals surface area contributed by atoms with Gasteiger partial charge < -0.3 is 9.47 Å². The van der Waals surface area contributed by atoms with E-state index >= 15 is 0 Å². The van der Waals surface area contributed by atoms with Crippen molar-refractivity contribution in [2.24, 2.45) is 0 Å². The Morgan fingerprint density at radius 2 is 2.00 bits per heavy atom. The van der Waals surface area contributed by atoms with E-state index in [2.05, 4.69) is 4.74 Å². The molecule has 17 heavy (non-hydrogen) atoms. The molecule has 0 aromatic rings. The van der Waals surface area contributed by atoms with Gasteiger partial charge in [-0.25, -0.2) is 4.79 Å². The van der Waals surface area contributed by atoms with E-state index in [4.69, 9.17) is 4.74 Å². The van der Waals surface area contributed by atoms with Crippen molar-refractivity contribution < 1.29 is 27.2 Å². The molecule has 98 valence electrons. The highest BCUT2D eigenvalue weighted by atomic mass is 32.2. The van der Waals surface area contributed by atoms with Crippen LogP contribution in [0, 0.1) is 0 Å². The maximum absolute atomic E-state index is 11.4. The molecule has 6 nitrogen and oxygen atoms in total.